The van der Waals surface area contributed by atoms with Crippen molar-refractivity contribution in [3.05, 3.63) is 34.7 Å². The lowest BCUT2D eigenvalue weighted by molar-refractivity contribution is 0.0519. The first kappa shape index (κ1) is 17.0. The maximum absolute atomic E-state index is 12.1. The lowest BCUT2D eigenvalue weighted by Gasteiger charge is -2.25. The van der Waals surface area contributed by atoms with Gasteiger partial charge in [-0.05, 0) is 39.7 Å². The van der Waals surface area contributed by atoms with Gasteiger partial charge in [0.25, 0.3) is 0 Å². The summed E-state index contributed by atoms with van der Waals surface area (Å²) in [5.74, 6) is 0. The second kappa shape index (κ2) is 6.61. The van der Waals surface area contributed by atoms with Crippen LogP contribution in [0, 0.1) is 0 Å². The van der Waals surface area contributed by atoms with E-state index in [2.05, 4.69) is 10.4 Å². The van der Waals surface area contributed by atoms with Crippen molar-refractivity contribution in [3.8, 4) is 11.3 Å². The molecule has 2 aromatic rings. The lowest BCUT2D eigenvalue weighted by Crippen LogP contribution is -2.46. The summed E-state index contributed by atoms with van der Waals surface area (Å²) in [7, 11) is 0. The van der Waals surface area contributed by atoms with Gasteiger partial charge in [-0.15, -0.1) is 11.3 Å². The number of ether oxygens (including phenoxy) is 1. The number of hydrogen-bond acceptors (Lipinski definition) is 5. The molecule has 0 unspecified atom stereocenters. The highest BCUT2D eigenvalue weighted by atomic mass is 35.5. The molecule has 0 aliphatic heterocycles. The van der Waals surface area contributed by atoms with Crippen molar-refractivity contribution in [1.29, 1.82) is 0 Å². The van der Waals surface area contributed by atoms with E-state index < -0.39 is 11.7 Å². The Kier molecular flexibility index (Phi) is 4.69. The van der Waals surface area contributed by atoms with Crippen LogP contribution in [0.25, 0.3) is 11.3 Å². The van der Waals surface area contributed by atoms with Gasteiger partial charge in [0.05, 0.1) is 11.7 Å². The minimum Gasteiger partial charge on any atom is -0.443 e. The number of carbonyl (C=O) groups excluding carboxylic acids is 1. The van der Waals surface area contributed by atoms with E-state index in [1.165, 1.54) is 11.3 Å². The Balaban J connectivity index is 1.78. The van der Waals surface area contributed by atoms with Crippen LogP contribution in [0.15, 0.2) is 29.6 Å². The first-order chi connectivity index (χ1) is 11.3. The van der Waals surface area contributed by atoms with E-state index in [9.17, 15) is 4.79 Å². The summed E-state index contributed by atoms with van der Waals surface area (Å²) in [5, 5.41) is 5.15. The molecular weight excluding hydrogens is 346 g/mol. The Labute approximate surface area is 150 Å². The molecule has 1 N–H and O–H groups in total. The van der Waals surface area contributed by atoms with Crippen molar-refractivity contribution < 1.29 is 9.53 Å². The molecule has 1 aliphatic rings. The number of aromatic nitrogens is 1. The maximum atomic E-state index is 12.1. The predicted octanol–water partition coefficient (Wildman–Crippen LogP) is 4.87. The normalized spacial score (nSPS) is 14.3. The van der Waals surface area contributed by atoms with Crippen LogP contribution in [-0.4, -0.2) is 22.7 Å². The number of hydrogen-bond donors (Lipinski definition) is 1. The Bertz CT molecular complexity index is 737. The molecule has 1 heterocycles. The van der Waals surface area contributed by atoms with Crippen molar-refractivity contribution in [3.63, 3.8) is 0 Å². The van der Waals surface area contributed by atoms with Gasteiger partial charge in [-0.25, -0.2) is 15.2 Å². The minimum atomic E-state index is -0.537. The molecule has 1 saturated carbocycles. The zero-order chi connectivity index (χ0) is 17.3. The Morgan fingerprint density at radius 3 is 2.71 bits per heavy atom. The number of nitrogens with one attached hydrogen (secondary N) is 1. The molecule has 1 aromatic heterocycles. The highest BCUT2D eigenvalue weighted by Crippen LogP contribution is 2.35. The standard InChI is InChI=1S/C17H20ClN3O2S/c1-17(2,3)23-16(22)20-21(11-8-9-11)15-19-14(10-24-15)12-6-4-5-7-13(12)18/h4-7,10-11H,8-9H2,1-3H3,(H,20,22). The summed E-state index contributed by atoms with van der Waals surface area (Å²) in [4.78, 5) is 16.7. The number of halogens is 1. The van der Waals surface area contributed by atoms with E-state index in [0.717, 1.165) is 29.2 Å². The van der Waals surface area contributed by atoms with Crippen molar-refractivity contribution in [2.75, 3.05) is 5.01 Å². The van der Waals surface area contributed by atoms with E-state index in [-0.39, 0.29) is 6.04 Å². The molecule has 128 valence electrons. The zero-order valence-electron chi connectivity index (χ0n) is 13.9. The third-order valence-corrected chi connectivity index (χ3v) is 4.54. The summed E-state index contributed by atoms with van der Waals surface area (Å²) in [6.45, 7) is 5.52. The van der Waals surface area contributed by atoms with Gasteiger partial charge < -0.3 is 4.74 Å². The third-order valence-electron chi connectivity index (χ3n) is 3.37. The van der Waals surface area contributed by atoms with E-state index in [1.54, 1.807) is 5.01 Å². The van der Waals surface area contributed by atoms with Gasteiger partial charge in [-0.2, -0.15) is 0 Å². The van der Waals surface area contributed by atoms with Gasteiger partial charge in [0.15, 0.2) is 0 Å². The Morgan fingerprint density at radius 1 is 1.38 bits per heavy atom. The molecule has 0 saturated heterocycles. The smallest absolute Gasteiger partial charge is 0.426 e. The zero-order valence-corrected chi connectivity index (χ0v) is 15.4. The van der Waals surface area contributed by atoms with Crippen LogP contribution in [0.5, 0.6) is 0 Å². The molecule has 1 fully saturated rings. The molecule has 1 aromatic carbocycles. The number of nitrogens with zero attached hydrogens (tertiary/aromatic N) is 2. The summed E-state index contributed by atoms with van der Waals surface area (Å²) in [5.41, 5.74) is 3.97. The van der Waals surface area contributed by atoms with Gasteiger partial charge in [-0.3, -0.25) is 5.01 Å². The summed E-state index contributed by atoms with van der Waals surface area (Å²) >= 11 is 7.72. The van der Waals surface area contributed by atoms with E-state index in [4.69, 9.17) is 16.3 Å². The fourth-order valence-electron chi connectivity index (χ4n) is 2.19. The fraction of sp³-hybridized carbons (Fsp3) is 0.412. The number of benzene rings is 1. The van der Waals surface area contributed by atoms with Crippen LogP contribution in [0.1, 0.15) is 33.6 Å². The molecule has 5 nitrogen and oxygen atoms in total. The average molecular weight is 366 g/mol. The third kappa shape index (κ3) is 4.19. The number of thiazole rings is 1. The largest absolute Gasteiger partial charge is 0.443 e. The fourth-order valence-corrected chi connectivity index (χ4v) is 3.28. The quantitative estimate of drug-likeness (QED) is 0.785. The minimum absolute atomic E-state index is 0.266. The Morgan fingerprint density at radius 2 is 2.08 bits per heavy atom. The number of rotatable bonds is 4. The lowest BCUT2D eigenvalue weighted by atomic mass is 10.2. The SMILES string of the molecule is CC(C)(C)OC(=O)NN(c1nc(-c2ccccc2Cl)cs1)C1CC1. The molecule has 1 aliphatic carbocycles. The monoisotopic (exact) mass is 365 g/mol. The molecule has 0 spiro atoms. The summed E-state index contributed by atoms with van der Waals surface area (Å²) < 4.78 is 5.34. The molecule has 0 atom stereocenters. The van der Waals surface area contributed by atoms with Crippen molar-refractivity contribution >= 4 is 34.2 Å². The van der Waals surface area contributed by atoms with Crippen LogP contribution < -0.4 is 10.4 Å². The van der Waals surface area contributed by atoms with Gasteiger partial charge >= 0.3 is 6.09 Å². The van der Waals surface area contributed by atoms with Gasteiger partial charge in [0.1, 0.15) is 5.60 Å². The van der Waals surface area contributed by atoms with E-state index in [0.29, 0.717) is 5.02 Å². The summed E-state index contributed by atoms with van der Waals surface area (Å²) in [6, 6.07) is 7.86. The van der Waals surface area contributed by atoms with Gasteiger partial charge in [0.2, 0.25) is 5.13 Å². The molecule has 7 heteroatoms. The molecule has 1 amide bonds. The van der Waals surface area contributed by atoms with Crippen molar-refractivity contribution in [2.24, 2.45) is 0 Å². The van der Waals surface area contributed by atoms with Crippen molar-refractivity contribution in [1.82, 2.24) is 10.4 Å². The van der Waals surface area contributed by atoms with Crippen molar-refractivity contribution in [2.45, 2.75) is 45.3 Å². The number of hydrazine groups is 1. The van der Waals surface area contributed by atoms with Crippen LogP contribution in [0.2, 0.25) is 5.02 Å². The highest BCUT2D eigenvalue weighted by molar-refractivity contribution is 7.14. The summed E-state index contributed by atoms with van der Waals surface area (Å²) in [6.07, 6.45) is 1.58. The second-order valence-corrected chi connectivity index (χ2v) is 7.95. The van der Waals surface area contributed by atoms with E-state index >= 15 is 0 Å². The number of amides is 1. The topological polar surface area (TPSA) is 54.5 Å². The first-order valence-corrected chi connectivity index (χ1v) is 9.08. The van der Waals surface area contributed by atoms with Gasteiger partial charge in [0, 0.05) is 16.0 Å². The van der Waals surface area contributed by atoms with Crippen LogP contribution in [0.3, 0.4) is 0 Å². The molecular formula is C17H20ClN3O2S. The molecule has 3 rings (SSSR count). The number of anilines is 1. The van der Waals surface area contributed by atoms with E-state index in [1.807, 2.05) is 50.4 Å². The molecule has 0 bridgehead atoms. The second-order valence-electron chi connectivity index (χ2n) is 6.71. The average Bonchev–Trinajstić information content (AvgIpc) is 3.21. The van der Waals surface area contributed by atoms with Crippen LogP contribution in [-0.2, 0) is 4.74 Å². The van der Waals surface area contributed by atoms with Gasteiger partial charge in [-0.1, -0.05) is 29.8 Å². The van der Waals surface area contributed by atoms with Crippen LogP contribution in [0.4, 0.5) is 9.93 Å². The predicted molar refractivity (Wildman–Crippen MR) is 97.4 cm³/mol. The first-order valence-electron chi connectivity index (χ1n) is 7.83. The number of carbonyl (C=O) groups is 1. The molecule has 24 heavy (non-hydrogen) atoms. The van der Waals surface area contributed by atoms with Crippen LogP contribution >= 0.6 is 22.9 Å². The maximum Gasteiger partial charge on any atom is 0.426 e. The Hall–Kier alpha value is -1.79. The molecule has 0 radical (unpaired) electrons. The highest BCUT2D eigenvalue weighted by Gasteiger charge is 2.33.